The van der Waals surface area contributed by atoms with Crippen molar-refractivity contribution in [2.75, 3.05) is 7.11 Å². The minimum Gasteiger partial charge on any atom is -0.497 e. The van der Waals surface area contributed by atoms with Gasteiger partial charge in [0.25, 0.3) is 5.91 Å². The fourth-order valence-corrected chi connectivity index (χ4v) is 5.15. The summed E-state index contributed by atoms with van der Waals surface area (Å²) in [5.41, 5.74) is 2.92. The number of aryl methyl sites for hydroxylation is 1. The number of fused-ring (bicyclic) bond motifs is 1. The van der Waals surface area contributed by atoms with E-state index in [0.29, 0.717) is 29.4 Å². The van der Waals surface area contributed by atoms with Gasteiger partial charge in [-0.25, -0.2) is 0 Å². The zero-order valence-electron chi connectivity index (χ0n) is 17.3. The highest BCUT2D eigenvalue weighted by molar-refractivity contribution is 5.93. The van der Waals surface area contributed by atoms with Crippen LogP contribution in [0.25, 0.3) is 0 Å². The van der Waals surface area contributed by atoms with Gasteiger partial charge in [0, 0.05) is 19.0 Å². The number of nitrogens with one attached hydrogen (secondary N) is 1. The molecule has 2 fully saturated rings. The van der Waals surface area contributed by atoms with Crippen LogP contribution in [0, 0.1) is 11.8 Å². The van der Waals surface area contributed by atoms with Crippen LogP contribution in [0.1, 0.15) is 73.1 Å². The van der Waals surface area contributed by atoms with Gasteiger partial charge < -0.3 is 10.1 Å². The van der Waals surface area contributed by atoms with Crippen molar-refractivity contribution in [3.8, 4) is 5.75 Å². The monoisotopic (exact) mass is 381 g/mol. The third-order valence-electron chi connectivity index (χ3n) is 6.71. The minimum atomic E-state index is -0.00515. The Hall–Kier alpha value is -2.30. The van der Waals surface area contributed by atoms with Crippen LogP contribution >= 0.6 is 0 Å². The second-order valence-electron chi connectivity index (χ2n) is 8.64. The SMILES string of the molecule is COc1ccc([C@H]2C3CCCCC3[C@@H]2NC(=O)c2cc(C(C)C)nn2C)cc1. The van der Waals surface area contributed by atoms with Gasteiger partial charge in [0.1, 0.15) is 11.4 Å². The summed E-state index contributed by atoms with van der Waals surface area (Å²) in [6.07, 6.45) is 5.04. The van der Waals surface area contributed by atoms with Gasteiger partial charge in [-0.3, -0.25) is 9.48 Å². The minimum absolute atomic E-state index is 0.00515. The molecule has 1 N–H and O–H groups in total. The first-order valence-electron chi connectivity index (χ1n) is 10.5. The van der Waals surface area contributed by atoms with Crippen LogP contribution in [0.3, 0.4) is 0 Å². The van der Waals surface area contributed by atoms with E-state index in [2.05, 4.69) is 36.4 Å². The highest BCUT2D eigenvalue weighted by atomic mass is 16.5. The highest BCUT2D eigenvalue weighted by Crippen LogP contribution is 2.54. The summed E-state index contributed by atoms with van der Waals surface area (Å²) in [4.78, 5) is 13.1. The van der Waals surface area contributed by atoms with Crippen molar-refractivity contribution in [1.29, 1.82) is 0 Å². The second-order valence-corrected chi connectivity index (χ2v) is 8.64. The van der Waals surface area contributed by atoms with E-state index in [4.69, 9.17) is 4.74 Å². The van der Waals surface area contributed by atoms with E-state index in [1.165, 1.54) is 31.2 Å². The summed E-state index contributed by atoms with van der Waals surface area (Å²) in [6.45, 7) is 4.20. The Balaban J connectivity index is 1.56. The summed E-state index contributed by atoms with van der Waals surface area (Å²) >= 11 is 0. The lowest BCUT2D eigenvalue weighted by Gasteiger charge is -2.55. The van der Waals surface area contributed by atoms with Gasteiger partial charge in [-0.2, -0.15) is 5.10 Å². The van der Waals surface area contributed by atoms with Crippen molar-refractivity contribution >= 4 is 5.91 Å². The molecule has 2 aliphatic rings. The van der Waals surface area contributed by atoms with E-state index < -0.39 is 0 Å². The van der Waals surface area contributed by atoms with Crippen molar-refractivity contribution in [1.82, 2.24) is 15.1 Å². The number of hydrogen-bond donors (Lipinski definition) is 1. The van der Waals surface area contributed by atoms with Gasteiger partial charge >= 0.3 is 0 Å². The molecule has 28 heavy (non-hydrogen) atoms. The van der Waals surface area contributed by atoms with Crippen LogP contribution in [-0.4, -0.2) is 28.8 Å². The number of methoxy groups -OCH3 is 1. The maximum absolute atomic E-state index is 13.1. The lowest BCUT2D eigenvalue weighted by Crippen LogP contribution is -2.59. The predicted molar refractivity (Wildman–Crippen MR) is 110 cm³/mol. The molecule has 0 saturated heterocycles. The largest absolute Gasteiger partial charge is 0.497 e. The van der Waals surface area contributed by atoms with Crippen molar-refractivity contribution < 1.29 is 9.53 Å². The molecule has 150 valence electrons. The molecule has 2 saturated carbocycles. The molecule has 1 aromatic carbocycles. The fourth-order valence-electron chi connectivity index (χ4n) is 5.15. The summed E-state index contributed by atoms with van der Waals surface area (Å²) in [6, 6.07) is 10.5. The Morgan fingerprint density at radius 3 is 2.46 bits per heavy atom. The van der Waals surface area contributed by atoms with Crippen LogP contribution in [0.15, 0.2) is 30.3 Å². The van der Waals surface area contributed by atoms with Crippen molar-refractivity contribution in [2.24, 2.45) is 18.9 Å². The number of benzene rings is 1. The van der Waals surface area contributed by atoms with E-state index >= 15 is 0 Å². The lowest BCUT2D eigenvalue weighted by molar-refractivity contribution is 0.0249. The van der Waals surface area contributed by atoms with Crippen LogP contribution in [-0.2, 0) is 7.05 Å². The first kappa shape index (κ1) is 19.0. The van der Waals surface area contributed by atoms with Gasteiger partial charge in [-0.05, 0) is 54.4 Å². The summed E-state index contributed by atoms with van der Waals surface area (Å²) in [7, 11) is 3.55. The Morgan fingerprint density at radius 2 is 1.86 bits per heavy atom. The number of nitrogens with zero attached hydrogens (tertiary/aromatic N) is 2. The molecule has 5 heteroatoms. The third kappa shape index (κ3) is 3.31. The Kier molecular flexibility index (Phi) is 5.17. The second kappa shape index (κ2) is 7.61. The number of carbonyl (C=O) groups is 1. The first-order valence-corrected chi connectivity index (χ1v) is 10.5. The lowest BCUT2D eigenvalue weighted by atomic mass is 9.53. The molecule has 4 rings (SSSR count). The Bertz CT molecular complexity index is 840. The normalized spacial score (nSPS) is 26.5. The number of amides is 1. The van der Waals surface area contributed by atoms with Gasteiger partial charge in [-0.1, -0.05) is 38.8 Å². The number of ether oxygens (including phenoxy) is 1. The van der Waals surface area contributed by atoms with E-state index in [9.17, 15) is 4.79 Å². The molecular formula is C23H31N3O2. The third-order valence-corrected chi connectivity index (χ3v) is 6.71. The molecule has 1 amide bonds. The van der Waals surface area contributed by atoms with Crippen molar-refractivity contribution in [3.63, 3.8) is 0 Å². The number of carbonyl (C=O) groups excluding carboxylic acids is 1. The van der Waals surface area contributed by atoms with Gasteiger partial charge in [0.15, 0.2) is 0 Å². The number of hydrogen-bond acceptors (Lipinski definition) is 3. The van der Waals surface area contributed by atoms with E-state index in [1.54, 1.807) is 11.8 Å². The summed E-state index contributed by atoms with van der Waals surface area (Å²) in [5.74, 6) is 2.83. The predicted octanol–water partition coefficient (Wildman–Crippen LogP) is 4.25. The van der Waals surface area contributed by atoms with Gasteiger partial charge in [-0.15, -0.1) is 0 Å². The summed E-state index contributed by atoms with van der Waals surface area (Å²) in [5, 5.41) is 7.87. The number of rotatable bonds is 5. The molecule has 0 spiro atoms. The smallest absolute Gasteiger partial charge is 0.269 e. The molecule has 2 unspecified atom stereocenters. The topological polar surface area (TPSA) is 56.1 Å². The van der Waals surface area contributed by atoms with Crippen LogP contribution in [0.4, 0.5) is 0 Å². The van der Waals surface area contributed by atoms with Crippen LogP contribution in [0.2, 0.25) is 0 Å². The highest BCUT2D eigenvalue weighted by Gasteiger charge is 2.51. The zero-order chi connectivity index (χ0) is 19.8. The zero-order valence-corrected chi connectivity index (χ0v) is 17.3. The first-order chi connectivity index (χ1) is 13.5. The molecular weight excluding hydrogens is 350 g/mol. The van der Waals surface area contributed by atoms with Crippen LogP contribution < -0.4 is 10.1 Å². The molecule has 2 aliphatic carbocycles. The molecule has 1 aromatic heterocycles. The van der Waals surface area contributed by atoms with Gasteiger partial charge in [0.05, 0.1) is 12.8 Å². The van der Waals surface area contributed by atoms with E-state index in [1.807, 2.05) is 25.2 Å². The number of aromatic nitrogens is 2. The molecule has 4 atom stereocenters. The molecule has 5 nitrogen and oxygen atoms in total. The van der Waals surface area contributed by atoms with E-state index in [-0.39, 0.29) is 11.9 Å². The van der Waals surface area contributed by atoms with Crippen LogP contribution in [0.5, 0.6) is 5.75 Å². The maximum Gasteiger partial charge on any atom is 0.269 e. The van der Waals surface area contributed by atoms with Gasteiger partial charge in [0.2, 0.25) is 0 Å². The Labute approximate surface area is 167 Å². The molecule has 2 aromatic rings. The fraction of sp³-hybridized carbons (Fsp3) is 0.565. The van der Waals surface area contributed by atoms with E-state index in [0.717, 1.165) is 11.4 Å². The molecule has 0 radical (unpaired) electrons. The Morgan fingerprint density at radius 1 is 1.18 bits per heavy atom. The average molecular weight is 382 g/mol. The average Bonchev–Trinajstić information content (AvgIpc) is 3.09. The quantitative estimate of drug-likeness (QED) is 0.842. The molecule has 1 heterocycles. The van der Waals surface area contributed by atoms with Crippen molar-refractivity contribution in [3.05, 3.63) is 47.3 Å². The van der Waals surface area contributed by atoms with Crippen molar-refractivity contribution in [2.45, 2.75) is 57.4 Å². The summed E-state index contributed by atoms with van der Waals surface area (Å²) < 4.78 is 7.02. The maximum atomic E-state index is 13.1. The molecule has 0 aliphatic heterocycles. The molecule has 0 bridgehead atoms. The standard InChI is InChI=1S/C23H31N3O2/c1-14(2)19-13-20(26(3)25-19)23(27)24-22-18-8-6-5-7-17(18)21(22)15-9-11-16(28-4)12-10-15/h9-14,17-18,21-22H,5-8H2,1-4H3,(H,24,27)/t17?,18?,21-,22-/m0/s1.